The largest absolute Gasteiger partial charge is 0.478 e. The first-order valence-electron chi connectivity index (χ1n) is 9.67. The lowest BCUT2D eigenvalue weighted by molar-refractivity contribution is 0.0468. The average Bonchev–Trinajstić information content (AvgIpc) is 2.79. The third kappa shape index (κ3) is 3.05. The van der Waals surface area contributed by atoms with Gasteiger partial charge in [-0.1, -0.05) is 36.4 Å². The molecule has 2 aliphatic carbocycles. The predicted octanol–water partition coefficient (Wildman–Crippen LogP) is 4.36. The van der Waals surface area contributed by atoms with E-state index in [1.807, 2.05) is 12.1 Å². The molecule has 2 aromatic carbocycles. The van der Waals surface area contributed by atoms with Gasteiger partial charge in [0.15, 0.2) is 0 Å². The van der Waals surface area contributed by atoms with E-state index in [4.69, 9.17) is 0 Å². The number of benzene rings is 2. The highest BCUT2D eigenvalue weighted by Gasteiger charge is 2.46. The maximum absolute atomic E-state index is 11.4. The lowest BCUT2D eigenvalue weighted by Crippen LogP contribution is -2.43. The summed E-state index contributed by atoms with van der Waals surface area (Å²) in [4.78, 5) is 11.4. The Bertz CT molecular complexity index is 798. The van der Waals surface area contributed by atoms with Crippen molar-refractivity contribution in [3.05, 3.63) is 70.8 Å². The number of aromatic carboxylic acids is 1. The zero-order chi connectivity index (χ0) is 18.1. The Morgan fingerprint density at radius 2 is 1.92 bits per heavy atom. The predicted molar refractivity (Wildman–Crippen MR) is 102 cm³/mol. The molecule has 0 unspecified atom stereocenters. The summed E-state index contributed by atoms with van der Waals surface area (Å²) in [5, 5.41) is 19.7. The monoisotopic (exact) mass is 350 g/mol. The first-order chi connectivity index (χ1) is 12.6. The molecule has 0 aliphatic heterocycles. The summed E-state index contributed by atoms with van der Waals surface area (Å²) in [7, 11) is 0. The normalized spacial score (nSPS) is 27.9. The number of carboxylic acid groups (broad SMARTS) is 1. The topological polar surface area (TPSA) is 57.5 Å². The molecule has 2 N–H and O–H groups in total. The minimum atomic E-state index is -0.857. The van der Waals surface area contributed by atoms with Crippen LogP contribution in [0.25, 0.3) is 0 Å². The first-order valence-corrected chi connectivity index (χ1v) is 9.67. The van der Waals surface area contributed by atoms with Crippen LogP contribution in [0.3, 0.4) is 0 Å². The van der Waals surface area contributed by atoms with Crippen LogP contribution in [0.5, 0.6) is 0 Å². The van der Waals surface area contributed by atoms with Crippen LogP contribution in [0.4, 0.5) is 0 Å². The molecule has 1 fully saturated rings. The van der Waals surface area contributed by atoms with E-state index in [1.54, 1.807) is 6.07 Å². The van der Waals surface area contributed by atoms with Crippen LogP contribution < -0.4 is 0 Å². The highest BCUT2D eigenvalue weighted by atomic mass is 16.4. The molecule has 3 heteroatoms. The first kappa shape index (κ1) is 17.3. The van der Waals surface area contributed by atoms with E-state index >= 15 is 0 Å². The molecule has 0 heterocycles. The molecule has 136 valence electrons. The minimum Gasteiger partial charge on any atom is -0.478 e. The third-order valence-electron chi connectivity index (χ3n) is 6.51. The highest BCUT2D eigenvalue weighted by molar-refractivity contribution is 5.88. The molecular formula is C23H26O3. The minimum absolute atomic E-state index is 0.00342. The maximum atomic E-state index is 11.4. The number of carboxylic acids is 1. The average molecular weight is 350 g/mol. The molecule has 0 bridgehead atoms. The van der Waals surface area contributed by atoms with Crippen molar-refractivity contribution in [3.8, 4) is 0 Å². The summed E-state index contributed by atoms with van der Waals surface area (Å²) < 4.78 is 0. The molecule has 0 aromatic heterocycles. The van der Waals surface area contributed by atoms with Crippen molar-refractivity contribution in [2.45, 2.75) is 56.5 Å². The standard InChI is InChI=1S/C23H26O3/c24-20-11-12-23(15-16-5-2-1-3-6-16)19(14-20)8-4-7-17-13-18(22(25)26)9-10-21(17)23/h1-3,5-6,9-10,13,19-20,24H,4,7-8,11-12,14-15H2,(H,25,26)/t19-,20-,23-/m1/s1. The molecule has 2 aliphatic rings. The Balaban J connectivity index is 1.83. The molecule has 3 nitrogen and oxygen atoms in total. The Hall–Kier alpha value is -2.13. The summed E-state index contributed by atoms with van der Waals surface area (Å²) in [5.74, 6) is -0.409. The van der Waals surface area contributed by atoms with Gasteiger partial charge in [0.05, 0.1) is 11.7 Å². The Kier molecular flexibility index (Phi) is 4.58. The molecule has 0 radical (unpaired) electrons. The third-order valence-corrected chi connectivity index (χ3v) is 6.51. The second kappa shape index (κ2) is 6.88. The molecule has 0 saturated heterocycles. The van der Waals surface area contributed by atoms with E-state index in [0.717, 1.165) is 44.9 Å². The van der Waals surface area contributed by atoms with Gasteiger partial charge in [0.2, 0.25) is 0 Å². The quantitative estimate of drug-likeness (QED) is 0.864. The molecule has 0 spiro atoms. The van der Waals surface area contributed by atoms with Crippen LogP contribution in [0, 0.1) is 5.92 Å². The second-order valence-corrected chi connectivity index (χ2v) is 8.01. The van der Waals surface area contributed by atoms with Gasteiger partial charge in [0.25, 0.3) is 0 Å². The van der Waals surface area contributed by atoms with Crippen LogP contribution in [0.2, 0.25) is 0 Å². The van der Waals surface area contributed by atoms with Crippen LogP contribution in [-0.4, -0.2) is 22.3 Å². The van der Waals surface area contributed by atoms with Crippen molar-refractivity contribution in [2.75, 3.05) is 0 Å². The fraction of sp³-hybridized carbons (Fsp3) is 0.435. The molecule has 1 saturated carbocycles. The fourth-order valence-corrected chi connectivity index (χ4v) is 5.30. The lowest BCUT2D eigenvalue weighted by Gasteiger charge is -2.46. The fourth-order valence-electron chi connectivity index (χ4n) is 5.30. The number of aliphatic hydroxyl groups excluding tert-OH is 1. The summed E-state index contributed by atoms with van der Waals surface area (Å²) in [6, 6.07) is 16.3. The van der Waals surface area contributed by atoms with Crippen LogP contribution >= 0.6 is 0 Å². The van der Waals surface area contributed by atoms with E-state index in [9.17, 15) is 15.0 Å². The molecule has 26 heavy (non-hydrogen) atoms. The molecule has 3 atom stereocenters. The molecule has 4 rings (SSSR count). The molecule has 0 amide bonds. The number of rotatable bonds is 3. The van der Waals surface area contributed by atoms with Gasteiger partial charge >= 0.3 is 5.97 Å². The van der Waals surface area contributed by atoms with Crippen molar-refractivity contribution in [3.63, 3.8) is 0 Å². The lowest BCUT2D eigenvalue weighted by atomic mass is 9.58. The smallest absolute Gasteiger partial charge is 0.335 e. The zero-order valence-corrected chi connectivity index (χ0v) is 15.0. The van der Waals surface area contributed by atoms with Crippen molar-refractivity contribution in [1.29, 1.82) is 0 Å². The van der Waals surface area contributed by atoms with E-state index in [0.29, 0.717) is 11.5 Å². The molecular weight excluding hydrogens is 324 g/mol. The number of carbonyl (C=O) groups is 1. The van der Waals surface area contributed by atoms with E-state index < -0.39 is 5.97 Å². The Morgan fingerprint density at radius 1 is 1.12 bits per heavy atom. The number of hydrogen-bond acceptors (Lipinski definition) is 2. The number of fused-ring (bicyclic) bond motifs is 3. The molecule has 2 aromatic rings. The van der Waals surface area contributed by atoms with Crippen molar-refractivity contribution >= 4 is 5.97 Å². The number of aliphatic hydroxyl groups is 1. The Labute approximate surface area is 154 Å². The van der Waals surface area contributed by atoms with Gasteiger partial charge in [-0.15, -0.1) is 0 Å². The van der Waals surface area contributed by atoms with Crippen molar-refractivity contribution in [1.82, 2.24) is 0 Å². The van der Waals surface area contributed by atoms with Crippen LogP contribution in [0.1, 0.15) is 59.2 Å². The number of hydrogen-bond donors (Lipinski definition) is 2. The van der Waals surface area contributed by atoms with Gasteiger partial charge in [-0.25, -0.2) is 4.79 Å². The summed E-state index contributed by atoms with van der Waals surface area (Å²) in [6.45, 7) is 0. The second-order valence-electron chi connectivity index (χ2n) is 8.01. The van der Waals surface area contributed by atoms with Gasteiger partial charge in [0, 0.05) is 5.41 Å². The van der Waals surface area contributed by atoms with E-state index in [-0.39, 0.29) is 11.5 Å². The van der Waals surface area contributed by atoms with Crippen LogP contribution in [-0.2, 0) is 18.3 Å². The summed E-state index contributed by atoms with van der Waals surface area (Å²) in [5.41, 5.74) is 4.22. The summed E-state index contributed by atoms with van der Waals surface area (Å²) in [6.07, 6.45) is 6.49. The summed E-state index contributed by atoms with van der Waals surface area (Å²) >= 11 is 0. The van der Waals surface area contributed by atoms with Gasteiger partial charge in [-0.3, -0.25) is 0 Å². The van der Waals surface area contributed by atoms with E-state index in [1.165, 1.54) is 16.7 Å². The Morgan fingerprint density at radius 3 is 2.69 bits per heavy atom. The van der Waals surface area contributed by atoms with Crippen molar-refractivity contribution in [2.24, 2.45) is 5.92 Å². The van der Waals surface area contributed by atoms with Gasteiger partial charge in [-0.2, -0.15) is 0 Å². The van der Waals surface area contributed by atoms with Gasteiger partial charge in [-0.05, 0) is 79.7 Å². The highest BCUT2D eigenvalue weighted by Crippen LogP contribution is 2.51. The van der Waals surface area contributed by atoms with Gasteiger partial charge in [0.1, 0.15) is 0 Å². The number of aryl methyl sites for hydroxylation is 1. The maximum Gasteiger partial charge on any atom is 0.335 e. The van der Waals surface area contributed by atoms with E-state index in [2.05, 4.69) is 30.3 Å². The zero-order valence-electron chi connectivity index (χ0n) is 15.0. The van der Waals surface area contributed by atoms with Crippen LogP contribution in [0.15, 0.2) is 48.5 Å². The SMILES string of the molecule is O=C(O)c1ccc2c(c1)CCC[C@@H]1C[C@H](O)CC[C@]21Cc1ccccc1. The van der Waals surface area contributed by atoms with Crippen molar-refractivity contribution < 1.29 is 15.0 Å². The van der Waals surface area contributed by atoms with Gasteiger partial charge < -0.3 is 10.2 Å².